The van der Waals surface area contributed by atoms with E-state index in [0.717, 1.165) is 16.8 Å². The van der Waals surface area contributed by atoms with Crippen LogP contribution in [0.5, 0.6) is 5.75 Å². The molecule has 0 aromatic heterocycles. The largest absolute Gasteiger partial charge is 0.496 e. The zero-order valence-corrected chi connectivity index (χ0v) is 13.5. The molecule has 1 aromatic rings. The van der Waals surface area contributed by atoms with Gasteiger partial charge in [-0.05, 0) is 66.9 Å². The Hall–Kier alpha value is -0.580. The van der Waals surface area contributed by atoms with Crippen molar-refractivity contribution >= 4 is 15.9 Å². The highest BCUT2D eigenvalue weighted by molar-refractivity contribution is 9.10. The molecule has 1 atom stereocenters. The minimum Gasteiger partial charge on any atom is -0.496 e. The van der Waals surface area contributed by atoms with Gasteiger partial charge in [-0.15, -0.1) is 0 Å². The highest BCUT2D eigenvalue weighted by Gasteiger charge is 2.36. The summed E-state index contributed by atoms with van der Waals surface area (Å²) in [4.78, 5) is 2.53. The van der Waals surface area contributed by atoms with E-state index in [9.17, 15) is 0 Å². The topological polar surface area (TPSA) is 38.5 Å². The van der Waals surface area contributed by atoms with Crippen LogP contribution in [0.15, 0.2) is 22.7 Å². The van der Waals surface area contributed by atoms with Crippen LogP contribution in [-0.2, 0) is 0 Å². The van der Waals surface area contributed by atoms with Gasteiger partial charge in [0.05, 0.1) is 11.6 Å². The van der Waals surface area contributed by atoms with Crippen molar-refractivity contribution in [1.29, 1.82) is 0 Å². The third-order valence-corrected chi connectivity index (χ3v) is 4.74. The molecule has 106 valence electrons. The molecule has 2 N–H and O–H groups in total. The first kappa shape index (κ1) is 14.8. The fourth-order valence-electron chi connectivity index (χ4n) is 3.04. The lowest BCUT2D eigenvalue weighted by Gasteiger charge is -2.38. The maximum Gasteiger partial charge on any atom is 0.133 e. The zero-order valence-electron chi connectivity index (χ0n) is 11.9. The molecule has 1 fully saturated rings. The van der Waals surface area contributed by atoms with Gasteiger partial charge < -0.3 is 10.5 Å². The number of likely N-dealkylation sites (tertiary alicyclic amines) is 1. The molecule has 2 rings (SSSR count). The molecule has 0 bridgehead atoms. The Morgan fingerprint density at radius 3 is 2.68 bits per heavy atom. The Bertz CT molecular complexity index is 448. The Morgan fingerprint density at radius 2 is 2.21 bits per heavy atom. The molecular formula is C15H23BrN2O. The van der Waals surface area contributed by atoms with Crippen LogP contribution in [0.25, 0.3) is 0 Å². The van der Waals surface area contributed by atoms with Crippen LogP contribution < -0.4 is 10.5 Å². The molecule has 1 unspecified atom stereocenters. The van der Waals surface area contributed by atoms with Crippen LogP contribution in [0.3, 0.4) is 0 Å². The van der Waals surface area contributed by atoms with Gasteiger partial charge in [-0.25, -0.2) is 0 Å². The van der Waals surface area contributed by atoms with Crippen molar-refractivity contribution in [3.8, 4) is 5.75 Å². The first-order valence-electron chi connectivity index (χ1n) is 6.80. The highest BCUT2D eigenvalue weighted by atomic mass is 79.9. The fraction of sp³-hybridized carbons (Fsp3) is 0.600. The van der Waals surface area contributed by atoms with Crippen LogP contribution in [0, 0.1) is 0 Å². The SMILES string of the molecule is COc1ccc(C(CN)N2CCCC2(C)C)cc1Br. The second-order valence-corrected chi connectivity index (χ2v) is 6.61. The molecule has 1 aliphatic rings. The van der Waals surface area contributed by atoms with E-state index in [-0.39, 0.29) is 11.6 Å². The van der Waals surface area contributed by atoms with Crippen molar-refractivity contribution in [3.05, 3.63) is 28.2 Å². The van der Waals surface area contributed by atoms with Crippen LogP contribution in [0.2, 0.25) is 0 Å². The molecule has 0 radical (unpaired) electrons. The average molecular weight is 327 g/mol. The molecule has 4 heteroatoms. The number of halogens is 1. The lowest BCUT2D eigenvalue weighted by Crippen LogP contribution is -2.43. The van der Waals surface area contributed by atoms with E-state index in [1.165, 1.54) is 18.4 Å². The van der Waals surface area contributed by atoms with Crippen molar-refractivity contribution in [1.82, 2.24) is 4.90 Å². The number of hydrogen-bond acceptors (Lipinski definition) is 3. The fourth-order valence-corrected chi connectivity index (χ4v) is 3.60. The summed E-state index contributed by atoms with van der Waals surface area (Å²) < 4.78 is 6.28. The van der Waals surface area contributed by atoms with Crippen LogP contribution in [0.4, 0.5) is 0 Å². The predicted octanol–water partition coefficient (Wildman–Crippen LogP) is 3.33. The monoisotopic (exact) mass is 326 g/mol. The van der Waals surface area contributed by atoms with E-state index in [0.29, 0.717) is 6.54 Å². The second kappa shape index (κ2) is 5.81. The lowest BCUT2D eigenvalue weighted by molar-refractivity contribution is 0.119. The second-order valence-electron chi connectivity index (χ2n) is 5.75. The summed E-state index contributed by atoms with van der Waals surface area (Å²) in [6.45, 7) is 6.38. The van der Waals surface area contributed by atoms with Gasteiger partial charge in [0, 0.05) is 18.1 Å². The van der Waals surface area contributed by atoms with Gasteiger partial charge >= 0.3 is 0 Å². The average Bonchev–Trinajstić information content (AvgIpc) is 2.71. The van der Waals surface area contributed by atoms with Gasteiger partial charge in [-0.2, -0.15) is 0 Å². The quantitative estimate of drug-likeness (QED) is 0.922. The normalized spacial score (nSPS) is 20.5. The molecule has 19 heavy (non-hydrogen) atoms. The minimum absolute atomic E-state index is 0.233. The molecule has 1 aliphatic heterocycles. The Balaban J connectivity index is 2.29. The standard InChI is InChI=1S/C15H23BrN2O/c1-15(2)7-4-8-18(15)13(10-17)11-5-6-14(19-3)12(16)9-11/h5-6,9,13H,4,7-8,10,17H2,1-3H3. The first-order valence-corrected chi connectivity index (χ1v) is 7.59. The number of nitrogens with two attached hydrogens (primary N) is 1. The number of methoxy groups -OCH3 is 1. The molecule has 0 saturated carbocycles. The zero-order chi connectivity index (χ0) is 14.0. The van der Waals surface area contributed by atoms with E-state index in [4.69, 9.17) is 10.5 Å². The van der Waals surface area contributed by atoms with Crippen LogP contribution in [0.1, 0.15) is 38.3 Å². The van der Waals surface area contributed by atoms with Crippen molar-refractivity contribution < 1.29 is 4.74 Å². The van der Waals surface area contributed by atoms with Gasteiger partial charge in [0.1, 0.15) is 5.75 Å². The number of benzene rings is 1. The molecule has 1 heterocycles. The maximum absolute atomic E-state index is 6.04. The third kappa shape index (κ3) is 2.96. The lowest BCUT2D eigenvalue weighted by atomic mass is 9.97. The smallest absolute Gasteiger partial charge is 0.133 e. The summed E-state index contributed by atoms with van der Waals surface area (Å²) in [6, 6.07) is 6.53. The van der Waals surface area contributed by atoms with Crippen LogP contribution in [-0.4, -0.2) is 30.6 Å². The van der Waals surface area contributed by atoms with Crippen LogP contribution >= 0.6 is 15.9 Å². The number of nitrogens with zero attached hydrogens (tertiary/aromatic N) is 1. The van der Waals surface area contributed by atoms with Gasteiger partial charge in [-0.1, -0.05) is 6.07 Å². The summed E-state index contributed by atoms with van der Waals surface area (Å²) in [5.41, 5.74) is 7.53. The van der Waals surface area contributed by atoms with Crippen molar-refractivity contribution in [2.24, 2.45) is 5.73 Å². The van der Waals surface area contributed by atoms with E-state index < -0.39 is 0 Å². The highest BCUT2D eigenvalue weighted by Crippen LogP contribution is 2.37. The van der Waals surface area contributed by atoms with Gasteiger partial charge in [-0.3, -0.25) is 4.90 Å². The van der Waals surface area contributed by atoms with Crippen molar-refractivity contribution in [2.75, 3.05) is 20.2 Å². The van der Waals surface area contributed by atoms with Gasteiger partial charge in [0.2, 0.25) is 0 Å². The summed E-state index contributed by atoms with van der Waals surface area (Å²) in [5.74, 6) is 0.861. The van der Waals surface area contributed by atoms with E-state index in [1.54, 1.807) is 7.11 Å². The summed E-state index contributed by atoms with van der Waals surface area (Å²) in [5, 5.41) is 0. The summed E-state index contributed by atoms with van der Waals surface area (Å²) in [7, 11) is 1.68. The molecule has 1 aromatic carbocycles. The van der Waals surface area contributed by atoms with Gasteiger partial charge in [0.15, 0.2) is 0 Å². The molecule has 0 spiro atoms. The van der Waals surface area contributed by atoms with Gasteiger partial charge in [0.25, 0.3) is 0 Å². The molecule has 0 aliphatic carbocycles. The van der Waals surface area contributed by atoms with E-state index in [1.807, 2.05) is 6.07 Å². The molecule has 0 amide bonds. The Morgan fingerprint density at radius 1 is 1.47 bits per heavy atom. The van der Waals surface area contributed by atoms with Crippen molar-refractivity contribution in [2.45, 2.75) is 38.3 Å². The Labute approximate surface area is 124 Å². The minimum atomic E-state index is 0.233. The summed E-state index contributed by atoms with van der Waals surface area (Å²) >= 11 is 3.56. The maximum atomic E-state index is 6.04. The van der Waals surface area contributed by atoms with E-state index in [2.05, 4.69) is 46.8 Å². The molecule has 3 nitrogen and oxygen atoms in total. The Kier molecular flexibility index (Phi) is 4.54. The summed E-state index contributed by atoms with van der Waals surface area (Å²) in [6.07, 6.45) is 2.49. The third-order valence-electron chi connectivity index (χ3n) is 4.13. The number of hydrogen-bond donors (Lipinski definition) is 1. The predicted molar refractivity (Wildman–Crippen MR) is 82.5 cm³/mol. The number of ether oxygens (including phenoxy) is 1. The van der Waals surface area contributed by atoms with Crippen molar-refractivity contribution in [3.63, 3.8) is 0 Å². The number of rotatable bonds is 4. The van der Waals surface area contributed by atoms with E-state index >= 15 is 0 Å². The molecule has 1 saturated heterocycles. The first-order chi connectivity index (χ1) is 8.99. The molecular weight excluding hydrogens is 304 g/mol.